The van der Waals surface area contributed by atoms with Gasteiger partial charge in [0.05, 0.1) is 18.0 Å². The van der Waals surface area contributed by atoms with Crippen LogP contribution < -0.4 is 14.5 Å². The Bertz CT molecular complexity index is 490. The molecule has 2 heterocycles. The molecule has 5 heteroatoms. The lowest BCUT2D eigenvalue weighted by Gasteiger charge is -2.26. The third-order valence-electron chi connectivity index (χ3n) is 3.43. The van der Waals surface area contributed by atoms with Crippen LogP contribution in [0.3, 0.4) is 0 Å². The number of hydrogen-bond acceptors (Lipinski definition) is 4. The van der Waals surface area contributed by atoms with E-state index >= 15 is 0 Å². The lowest BCUT2D eigenvalue weighted by atomic mass is 10.2. The molecule has 0 aromatic heterocycles. The number of anilines is 2. The second kappa shape index (κ2) is 5.82. The minimum absolute atomic E-state index is 0. The zero-order valence-corrected chi connectivity index (χ0v) is 13.1. The molecule has 2 aliphatic rings. The number of ether oxygens (including phenoxy) is 1. The first-order chi connectivity index (χ1) is 8.85. The van der Waals surface area contributed by atoms with Gasteiger partial charge in [-0.3, -0.25) is 4.99 Å². The highest BCUT2D eigenvalue weighted by Crippen LogP contribution is 2.40. The van der Waals surface area contributed by atoms with Crippen molar-refractivity contribution in [2.45, 2.75) is 20.3 Å². The first kappa shape index (κ1) is 14.2. The zero-order chi connectivity index (χ0) is 12.5. The van der Waals surface area contributed by atoms with Crippen molar-refractivity contribution < 1.29 is 4.74 Å². The van der Waals surface area contributed by atoms with Gasteiger partial charge in [0.2, 0.25) is 5.96 Å². The zero-order valence-electron chi connectivity index (χ0n) is 11.4. The third-order valence-corrected chi connectivity index (χ3v) is 3.43. The Balaban J connectivity index is 0.00000133. The fourth-order valence-electron chi connectivity index (χ4n) is 2.68. The maximum absolute atomic E-state index is 5.59. The van der Waals surface area contributed by atoms with Crippen LogP contribution in [0.1, 0.15) is 20.3 Å². The van der Waals surface area contributed by atoms with Gasteiger partial charge >= 0.3 is 0 Å². The van der Waals surface area contributed by atoms with E-state index in [0.29, 0.717) is 6.61 Å². The summed E-state index contributed by atoms with van der Waals surface area (Å²) in [6.07, 6.45) is 1.12. The van der Waals surface area contributed by atoms with Gasteiger partial charge in [-0.1, -0.05) is 0 Å². The number of halogens is 1. The van der Waals surface area contributed by atoms with E-state index in [-0.39, 0.29) is 17.0 Å². The van der Waals surface area contributed by atoms with Gasteiger partial charge in [0.25, 0.3) is 0 Å². The van der Waals surface area contributed by atoms with Gasteiger partial charge in [0.1, 0.15) is 5.75 Å². The number of aliphatic imine (C=N–C) groups is 1. The van der Waals surface area contributed by atoms with Crippen LogP contribution in [0.5, 0.6) is 5.75 Å². The molecule has 104 valence electrons. The van der Waals surface area contributed by atoms with E-state index in [1.165, 1.54) is 11.4 Å². The van der Waals surface area contributed by atoms with Gasteiger partial charge < -0.3 is 14.5 Å². The summed E-state index contributed by atoms with van der Waals surface area (Å²) in [5.74, 6) is 2.05. The molecule has 0 saturated carbocycles. The van der Waals surface area contributed by atoms with Gasteiger partial charge in [-0.05, 0) is 32.4 Å². The number of benzene rings is 1. The van der Waals surface area contributed by atoms with E-state index in [1.54, 1.807) is 0 Å². The lowest BCUT2D eigenvalue weighted by Crippen LogP contribution is -2.41. The second-order valence-electron chi connectivity index (χ2n) is 4.51. The predicted molar refractivity (Wildman–Crippen MR) is 85.2 cm³/mol. The normalized spacial score (nSPS) is 16.4. The van der Waals surface area contributed by atoms with Gasteiger partial charge in [-0.2, -0.15) is 0 Å². The molecule has 1 aromatic rings. The Kier molecular flexibility index (Phi) is 4.34. The van der Waals surface area contributed by atoms with Crippen LogP contribution in [-0.4, -0.2) is 32.2 Å². The maximum atomic E-state index is 5.59. The molecule has 0 radical (unpaired) electrons. The quantitative estimate of drug-likeness (QED) is 0.854. The van der Waals surface area contributed by atoms with E-state index in [4.69, 9.17) is 4.74 Å². The van der Waals surface area contributed by atoms with E-state index < -0.39 is 0 Å². The van der Waals surface area contributed by atoms with Crippen LogP contribution in [-0.2, 0) is 0 Å². The highest BCUT2D eigenvalue weighted by atomic mass is 79.9. The van der Waals surface area contributed by atoms with E-state index in [2.05, 4.69) is 33.8 Å². The summed E-state index contributed by atoms with van der Waals surface area (Å²) >= 11 is 0. The summed E-state index contributed by atoms with van der Waals surface area (Å²) in [6, 6.07) is 6.32. The molecule has 2 aliphatic heterocycles. The molecule has 0 amide bonds. The van der Waals surface area contributed by atoms with Crippen molar-refractivity contribution in [3.63, 3.8) is 0 Å². The van der Waals surface area contributed by atoms with Crippen LogP contribution in [0, 0.1) is 0 Å². The molecule has 19 heavy (non-hydrogen) atoms. The molecule has 0 bridgehead atoms. The maximum Gasteiger partial charge on any atom is 0.205 e. The summed E-state index contributed by atoms with van der Waals surface area (Å²) in [6.45, 7) is 7.83. The smallest absolute Gasteiger partial charge is 0.205 e. The Morgan fingerprint density at radius 2 is 2.11 bits per heavy atom. The highest BCUT2D eigenvalue weighted by molar-refractivity contribution is 8.93. The van der Waals surface area contributed by atoms with E-state index in [9.17, 15) is 0 Å². The van der Waals surface area contributed by atoms with E-state index in [1.807, 2.05) is 13.0 Å². The summed E-state index contributed by atoms with van der Waals surface area (Å²) < 4.78 is 5.59. The standard InChI is InChI=1S/C14H19N3O.BrH/c1-3-16-12-7-6-11(18-4-2)10-13(12)17-9-5-8-15-14(16)17;/h6-7,10H,3-5,8-9H2,1-2H3;1H. The topological polar surface area (TPSA) is 28.1 Å². The van der Waals surface area contributed by atoms with Crippen LogP contribution in [0.2, 0.25) is 0 Å². The Morgan fingerprint density at radius 3 is 2.84 bits per heavy atom. The molecule has 0 saturated heterocycles. The molecule has 0 fully saturated rings. The summed E-state index contributed by atoms with van der Waals surface area (Å²) in [5.41, 5.74) is 2.49. The molecule has 4 nitrogen and oxygen atoms in total. The number of nitrogens with zero attached hydrogens (tertiary/aromatic N) is 3. The Morgan fingerprint density at radius 1 is 1.26 bits per heavy atom. The molecule has 0 unspecified atom stereocenters. The minimum Gasteiger partial charge on any atom is -0.494 e. The van der Waals surface area contributed by atoms with Crippen LogP contribution in [0.15, 0.2) is 23.2 Å². The summed E-state index contributed by atoms with van der Waals surface area (Å²) in [7, 11) is 0. The first-order valence-electron chi connectivity index (χ1n) is 6.71. The van der Waals surface area contributed by atoms with Crippen molar-refractivity contribution in [3.05, 3.63) is 18.2 Å². The number of fused-ring (bicyclic) bond motifs is 3. The molecule has 3 rings (SSSR count). The molecule has 0 atom stereocenters. The fraction of sp³-hybridized carbons (Fsp3) is 0.500. The van der Waals surface area contributed by atoms with Crippen molar-refractivity contribution in [1.82, 2.24) is 0 Å². The lowest BCUT2D eigenvalue weighted by molar-refractivity contribution is 0.340. The number of hydrogen-bond donors (Lipinski definition) is 0. The van der Waals surface area contributed by atoms with Crippen molar-refractivity contribution in [3.8, 4) is 5.75 Å². The monoisotopic (exact) mass is 325 g/mol. The highest BCUT2D eigenvalue weighted by Gasteiger charge is 2.33. The molecule has 0 aliphatic carbocycles. The molecule has 0 spiro atoms. The fourth-order valence-corrected chi connectivity index (χ4v) is 2.68. The second-order valence-corrected chi connectivity index (χ2v) is 4.51. The predicted octanol–water partition coefficient (Wildman–Crippen LogP) is 3.07. The van der Waals surface area contributed by atoms with Crippen LogP contribution in [0.4, 0.5) is 11.4 Å². The number of rotatable bonds is 3. The van der Waals surface area contributed by atoms with Crippen LogP contribution in [0.25, 0.3) is 0 Å². The Hall–Kier alpha value is -1.23. The van der Waals surface area contributed by atoms with Crippen molar-refractivity contribution in [1.29, 1.82) is 0 Å². The van der Waals surface area contributed by atoms with Crippen molar-refractivity contribution in [2.24, 2.45) is 4.99 Å². The number of guanidine groups is 1. The van der Waals surface area contributed by atoms with Crippen molar-refractivity contribution in [2.75, 3.05) is 36.0 Å². The molecule has 1 aromatic carbocycles. The van der Waals surface area contributed by atoms with Crippen molar-refractivity contribution >= 4 is 34.3 Å². The average Bonchev–Trinajstić information content (AvgIpc) is 2.72. The molecular weight excluding hydrogens is 306 g/mol. The third kappa shape index (κ3) is 2.31. The largest absolute Gasteiger partial charge is 0.494 e. The van der Waals surface area contributed by atoms with Gasteiger partial charge in [-0.15, -0.1) is 17.0 Å². The first-order valence-corrected chi connectivity index (χ1v) is 6.71. The SMILES string of the molecule is Br.CCOc1ccc2c(c1)N1CCCN=C1N2CC. The van der Waals surface area contributed by atoms with E-state index in [0.717, 1.165) is 37.8 Å². The van der Waals surface area contributed by atoms with Gasteiger partial charge in [0.15, 0.2) is 0 Å². The summed E-state index contributed by atoms with van der Waals surface area (Å²) in [4.78, 5) is 9.25. The Labute approximate surface area is 124 Å². The van der Waals surface area contributed by atoms with Gasteiger partial charge in [-0.25, -0.2) is 0 Å². The van der Waals surface area contributed by atoms with Gasteiger partial charge in [0, 0.05) is 25.7 Å². The molecule has 0 N–H and O–H groups in total. The summed E-state index contributed by atoms with van der Waals surface area (Å²) in [5, 5.41) is 0. The average molecular weight is 326 g/mol. The van der Waals surface area contributed by atoms with Crippen LogP contribution >= 0.6 is 17.0 Å². The molecular formula is C14H20BrN3O. The minimum atomic E-state index is 0.